The van der Waals surface area contributed by atoms with Crippen molar-refractivity contribution in [3.8, 4) is 5.75 Å². The molecule has 2 aromatic carbocycles. The van der Waals surface area contributed by atoms with Crippen molar-refractivity contribution in [2.75, 3.05) is 18.5 Å². The largest absolute Gasteiger partial charge is 0.494 e. The number of para-hydroxylation sites is 1. The van der Waals surface area contributed by atoms with Crippen molar-refractivity contribution in [2.24, 2.45) is 5.92 Å². The van der Waals surface area contributed by atoms with Gasteiger partial charge < -0.3 is 14.8 Å². The molecule has 0 fully saturated rings. The molecular formula is C24H29NO5. The molecule has 0 saturated heterocycles. The fourth-order valence-corrected chi connectivity index (χ4v) is 2.87. The van der Waals surface area contributed by atoms with Crippen LogP contribution in [0, 0.1) is 5.92 Å². The van der Waals surface area contributed by atoms with Gasteiger partial charge in [0.05, 0.1) is 6.61 Å². The number of anilines is 1. The number of ketones is 1. The van der Waals surface area contributed by atoms with Gasteiger partial charge in [-0.2, -0.15) is 0 Å². The lowest BCUT2D eigenvalue weighted by atomic mass is 10.1. The molecule has 30 heavy (non-hydrogen) atoms. The fraction of sp³-hybridized carbons (Fsp3) is 0.375. The van der Waals surface area contributed by atoms with E-state index in [1.54, 1.807) is 24.3 Å². The third-order valence-electron chi connectivity index (χ3n) is 4.32. The van der Waals surface area contributed by atoms with E-state index in [-0.39, 0.29) is 30.6 Å². The molecule has 0 spiro atoms. The zero-order valence-corrected chi connectivity index (χ0v) is 17.8. The van der Waals surface area contributed by atoms with Gasteiger partial charge in [0.2, 0.25) is 5.91 Å². The smallest absolute Gasteiger partial charge is 0.306 e. The van der Waals surface area contributed by atoms with E-state index in [2.05, 4.69) is 5.32 Å². The Labute approximate surface area is 177 Å². The molecule has 0 aromatic heterocycles. The van der Waals surface area contributed by atoms with Crippen LogP contribution in [0.5, 0.6) is 5.75 Å². The Morgan fingerprint density at radius 2 is 1.70 bits per heavy atom. The highest BCUT2D eigenvalue weighted by Gasteiger charge is 2.12. The zero-order chi connectivity index (χ0) is 21.9. The van der Waals surface area contributed by atoms with Crippen LogP contribution in [0.2, 0.25) is 0 Å². The molecule has 0 aliphatic rings. The van der Waals surface area contributed by atoms with E-state index < -0.39 is 5.97 Å². The Balaban J connectivity index is 1.79. The predicted octanol–water partition coefficient (Wildman–Crippen LogP) is 4.43. The Morgan fingerprint density at radius 1 is 1.00 bits per heavy atom. The van der Waals surface area contributed by atoms with Crippen molar-refractivity contribution in [1.29, 1.82) is 0 Å². The molecule has 6 heteroatoms. The molecule has 160 valence electrons. The SMILES string of the molecule is CCOc1ccccc1CCC(=O)OCC(=O)c1ccc(NC(=O)CC(C)C)cc1. The summed E-state index contributed by atoms with van der Waals surface area (Å²) >= 11 is 0. The first-order chi connectivity index (χ1) is 14.4. The monoisotopic (exact) mass is 411 g/mol. The standard InChI is InChI=1S/C24H29NO5/c1-4-29-22-8-6-5-7-19(22)11-14-24(28)30-16-21(26)18-9-12-20(13-10-18)25-23(27)15-17(2)3/h5-10,12-13,17H,4,11,14-16H2,1-3H3,(H,25,27). The molecule has 0 radical (unpaired) electrons. The third kappa shape index (κ3) is 7.70. The molecule has 0 unspecified atom stereocenters. The number of hydrogen-bond donors (Lipinski definition) is 1. The zero-order valence-electron chi connectivity index (χ0n) is 17.8. The lowest BCUT2D eigenvalue weighted by Crippen LogP contribution is -2.15. The van der Waals surface area contributed by atoms with Crippen LogP contribution in [0.25, 0.3) is 0 Å². The van der Waals surface area contributed by atoms with Crippen LogP contribution in [-0.2, 0) is 20.7 Å². The van der Waals surface area contributed by atoms with Crippen molar-refractivity contribution < 1.29 is 23.9 Å². The van der Waals surface area contributed by atoms with Crippen molar-refractivity contribution in [3.05, 3.63) is 59.7 Å². The fourth-order valence-electron chi connectivity index (χ4n) is 2.87. The number of nitrogens with one attached hydrogen (secondary N) is 1. The second kappa shape index (κ2) is 11.8. The van der Waals surface area contributed by atoms with Gasteiger partial charge in [-0.05, 0) is 55.2 Å². The number of esters is 1. The number of carbonyl (C=O) groups is 3. The van der Waals surface area contributed by atoms with Crippen molar-refractivity contribution in [3.63, 3.8) is 0 Å². The molecule has 2 rings (SSSR count). The van der Waals surface area contributed by atoms with Crippen LogP contribution in [0.15, 0.2) is 48.5 Å². The second-order valence-electron chi connectivity index (χ2n) is 7.35. The highest BCUT2D eigenvalue weighted by molar-refractivity contribution is 5.98. The minimum absolute atomic E-state index is 0.0658. The number of rotatable bonds is 11. The second-order valence-corrected chi connectivity index (χ2v) is 7.35. The molecule has 0 bridgehead atoms. The molecule has 2 aromatic rings. The Hall–Kier alpha value is -3.15. The van der Waals surface area contributed by atoms with Crippen LogP contribution < -0.4 is 10.1 Å². The summed E-state index contributed by atoms with van der Waals surface area (Å²) in [6, 6.07) is 14.1. The van der Waals surface area contributed by atoms with Gasteiger partial charge in [-0.25, -0.2) is 0 Å². The topological polar surface area (TPSA) is 81.7 Å². The maximum Gasteiger partial charge on any atom is 0.306 e. The first-order valence-corrected chi connectivity index (χ1v) is 10.2. The van der Waals surface area contributed by atoms with Crippen LogP contribution >= 0.6 is 0 Å². The summed E-state index contributed by atoms with van der Waals surface area (Å²) in [6.45, 7) is 6.09. The van der Waals surface area contributed by atoms with Gasteiger partial charge >= 0.3 is 5.97 Å². The number of hydrogen-bond acceptors (Lipinski definition) is 5. The van der Waals surface area contributed by atoms with E-state index in [0.717, 1.165) is 11.3 Å². The van der Waals surface area contributed by atoms with Gasteiger partial charge in [0.25, 0.3) is 0 Å². The van der Waals surface area contributed by atoms with Crippen LogP contribution in [0.1, 0.15) is 49.5 Å². The van der Waals surface area contributed by atoms with E-state index in [1.165, 1.54) is 0 Å². The summed E-state index contributed by atoms with van der Waals surface area (Å²) in [5, 5.41) is 2.79. The number of ether oxygens (including phenoxy) is 2. The van der Waals surface area contributed by atoms with Gasteiger partial charge in [0.15, 0.2) is 12.4 Å². The Kier molecular flexibility index (Phi) is 9.06. The molecule has 0 heterocycles. The summed E-state index contributed by atoms with van der Waals surface area (Å²) in [6.07, 6.45) is 1.08. The number of Topliss-reactive ketones (excluding diaryl/α,β-unsaturated/α-hetero) is 1. The minimum atomic E-state index is -0.438. The van der Waals surface area contributed by atoms with Crippen LogP contribution in [-0.4, -0.2) is 30.9 Å². The molecule has 6 nitrogen and oxygen atoms in total. The van der Waals surface area contributed by atoms with E-state index >= 15 is 0 Å². The number of amides is 1. The van der Waals surface area contributed by atoms with Crippen molar-refractivity contribution in [1.82, 2.24) is 0 Å². The van der Waals surface area contributed by atoms with Crippen molar-refractivity contribution >= 4 is 23.3 Å². The summed E-state index contributed by atoms with van der Waals surface area (Å²) in [7, 11) is 0. The maximum absolute atomic E-state index is 12.3. The Morgan fingerprint density at radius 3 is 2.37 bits per heavy atom. The van der Waals surface area contributed by atoms with Gasteiger partial charge in [0.1, 0.15) is 5.75 Å². The highest BCUT2D eigenvalue weighted by Crippen LogP contribution is 2.19. The first-order valence-electron chi connectivity index (χ1n) is 10.2. The average molecular weight is 411 g/mol. The summed E-state index contributed by atoms with van der Waals surface area (Å²) in [5.41, 5.74) is 1.98. The third-order valence-corrected chi connectivity index (χ3v) is 4.32. The summed E-state index contributed by atoms with van der Waals surface area (Å²) < 4.78 is 10.7. The molecule has 0 aliphatic carbocycles. The van der Waals surface area contributed by atoms with E-state index in [0.29, 0.717) is 30.7 Å². The number of benzene rings is 2. The molecule has 1 N–H and O–H groups in total. The molecule has 1 amide bonds. The molecule has 0 atom stereocenters. The van der Waals surface area contributed by atoms with Gasteiger partial charge in [-0.3, -0.25) is 14.4 Å². The van der Waals surface area contributed by atoms with Crippen LogP contribution in [0.4, 0.5) is 5.69 Å². The molecule has 0 aliphatic heterocycles. The Bertz CT molecular complexity index is 858. The quantitative estimate of drug-likeness (QED) is 0.437. The highest BCUT2D eigenvalue weighted by atomic mass is 16.5. The van der Waals surface area contributed by atoms with Crippen molar-refractivity contribution in [2.45, 2.75) is 40.0 Å². The van der Waals surface area contributed by atoms with E-state index in [1.807, 2.05) is 45.0 Å². The van der Waals surface area contributed by atoms with Gasteiger partial charge in [-0.1, -0.05) is 32.0 Å². The maximum atomic E-state index is 12.3. The van der Waals surface area contributed by atoms with E-state index in [9.17, 15) is 14.4 Å². The van der Waals surface area contributed by atoms with Gasteiger partial charge in [-0.15, -0.1) is 0 Å². The summed E-state index contributed by atoms with van der Waals surface area (Å²) in [5.74, 6) is 0.229. The normalized spacial score (nSPS) is 10.5. The minimum Gasteiger partial charge on any atom is -0.494 e. The predicted molar refractivity (Wildman–Crippen MR) is 116 cm³/mol. The van der Waals surface area contributed by atoms with Gasteiger partial charge in [0, 0.05) is 24.1 Å². The molecule has 0 saturated carbocycles. The first kappa shape index (κ1) is 23.1. The van der Waals surface area contributed by atoms with E-state index in [4.69, 9.17) is 9.47 Å². The number of aryl methyl sites for hydroxylation is 1. The summed E-state index contributed by atoms with van der Waals surface area (Å²) in [4.78, 5) is 36.1. The lowest BCUT2D eigenvalue weighted by molar-refractivity contribution is -0.142. The lowest BCUT2D eigenvalue weighted by Gasteiger charge is -2.10. The average Bonchev–Trinajstić information content (AvgIpc) is 2.71. The van der Waals surface area contributed by atoms with Crippen LogP contribution in [0.3, 0.4) is 0 Å². The number of carbonyl (C=O) groups excluding carboxylic acids is 3. The molecular weight excluding hydrogens is 382 g/mol.